The van der Waals surface area contributed by atoms with Crippen LogP contribution in [0, 0.1) is 0 Å². The van der Waals surface area contributed by atoms with E-state index in [2.05, 4.69) is 9.97 Å². The number of benzene rings is 2. The second-order valence-corrected chi connectivity index (χ2v) is 22.2. The average Bonchev–Trinajstić information content (AvgIpc) is 1.53. The minimum Gasteiger partial charge on any atom is -0.487 e. The molecule has 28 heteroatoms. The summed E-state index contributed by atoms with van der Waals surface area (Å²) in [6.07, 6.45) is 7.93. The molecule has 0 amide bonds. The monoisotopic (exact) mass is 1430 g/mol. The first-order valence-electron chi connectivity index (χ1n) is 34.6. The normalized spacial score (nSPS) is 11.9. The van der Waals surface area contributed by atoms with Gasteiger partial charge in [0, 0.05) is 75.9 Å². The fraction of sp³-hybridized carbons (Fsp3) is 0.568. The molecule has 8 bridgehead atoms. The molecule has 0 unspecified atom stereocenters. The van der Waals surface area contributed by atoms with Gasteiger partial charge in [0.05, 0.1) is 221 Å². The third kappa shape index (κ3) is 31.2. The van der Waals surface area contributed by atoms with Gasteiger partial charge in [0.25, 0.3) is 0 Å². The van der Waals surface area contributed by atoms with Crippen LogP contribution in [0.1, 0.15) is 22.8 Å². The molecule has 0 aliphatic carbocycles. The van der Waals surface area contributed by atoms with Crippen LogP contribution in [0.2, 0.25) is 0 Å². The van der Waals surface area contributed by atoms with Gasteiger partial charge in [-0.3, -0.25) is 0 Å². The van der Waals surface area contributed by atoms with Crippen molar-refractivity contribution in [1.29, 1.82) is 0 Å². The van der Waals surface area contributed by atoms with E-state index in [9.17, 15) is 0 Å². The van der Waals surface area contributed by atoms with Gasteiger partial charge >= 0.3 is 0 Å². The lowest BCUT2D eigenvalue weighted by Crippen LogP contribution is -2.15. The largest absolute Gasteiger partial charge is 0.487 e. The standard InChI is InChI=1S/C74H106N4O24/c1-79-15-21-85-27-33-91-39-45-97-67-51-57(52-68(98-46-40-92-34-28-86-22-16-80-2)73(67)101-49-43-95-37-31-89-25-19-83-5)71-63-11-7-59(75-63)55-61-9-13-65(77-61)72(66-14-10-62(78-66)56-60-8-12-64(71)76-60)58-53-69(99-47-41-93-35-29-87-23-17-81-3)74(102-50-44-96-38-32-90-26-20-84-6)70(54-58)100-48-42-94-36-30-88-24-18-82-4/h7-14,51-56,75,78H,15-50H2,1-6H3. The van der Waals surface area contributed by atoms with Crippen LogP contribution in [0.25, 0.3) is 68.6 Å². The number of nitrogens with zero attached hydrogens (tertiary/aromatic N) is 2. The first kappa shape index (κ1) is 82.4. The molecule has 2 aromatic carbocycles. The summed E-state index contributed by atoms with van der Waals surface area (Å²) in [5.41, 5.74) is 8.68. The molecule has 0 fully saturated rings. The average molecular weight is 1440 g/mol. The Kier molecular flexibility index (Phi) is 42.1. The number of aromatic amines is 2. The Morgan fingerprint density at radius 3 is 0.716 bits per heavy atom. The van der Waals surface area contributed by atoms with E-state index in [-0.39, 0.29) is 79.3 Å². The summed E-state index contributed by atoms with van der Waals surface area (Å²) in [5, 5.41) is 0. The van der Waals surface area contributed by atoms with Crippen molar-refractivity contribution in [2.45, 2.75) is 0 Å². The molecule has 7 rings (SSSR count). The number of rotatable bonds is 62. The Balaban J connectivity index is 1.29. The zero-order valence-corrected chi connectivity index (χ0v) is 60.2. The maximum atomic E-state index is 6.61. The molecule has 0 spiro atoms. The van der Waals surface area contributed by atoms with Crippen molar-refractivity contribution in [1.82, 2.24) is 19.9 Å². The zero-order valence-electron chi connectivity index (χ0n) is 60.2. The van der Waals surface area contributed by atoms with Crippen LogP contribution in [0.3, 0.4) is 0 Å². The Hall–Kier alpha value is -6.88. The molecule has 3 aromatic heterocycles. The van der Waals surface area contributed by atoms with Crippen LogP contribution >= 0.6 is 0 Å². The molecule has 0 saturated heterocycles. The van der Waals surface area contributed by atoms with Gasteiger partial charge in [-0.15, -0.1) is 0 Å². The highest BCUT2D eigenvalue weighted by atomic mass is 16.6. The summed E-state index contributed by atoms with van der Waals surface area (Å²) in [4.78, 5) is 18.0. The molecule has 2 aliphatic rings. The van der Waals surface area contributed by atoms with Crippen LogP contribution in [-0.4, -0.2) is 300 Å². The topological polar surface area (TPSA) is 279 Å². The van der Waals surface area contributed by atoms with Crippen molar-refractivity contribution in [2.75, 3.05) is 281 Å². The Labute approximate surface area is 598 Å². The highest BCUT2D eigenvalue weighted by Gasteiger charge is 2.23. The Bertz CT molecular complexity index is 3010. The van der Waals surface area contributed by atoms with Crippen molar-refractivity contribution in [3.8, 4) is 56.8 Å². The fourth-order valence-electron chi connectivity index (χ4n) is 9.87. The molecule has 28 nitrogen and oxygen atoms in total. The van der Waals surface area contributed by atoms with Gasteiger partial charge in [-0.2, -0.15) is 0 Å². The van der Waals surface area contributed by atoms with E-state index in [1.165, 1.54) is 0 Å². The highest BCUT2D eigenvalue weighted by Crippen LogP contribution is 2.46. The number of hydrogen-bond acceptors (Lipinski definition) is 26. The van der Waals surface area contributed by atoms with Crippen LogP contribution < -0.4 is 28.4 Å². The molecule has 566 valence electrons. The summed E-state index contributed by atoms with van der Waals surface area (Å²) < 4.78 is 140. The predicted octanol–water partition coefficient (Wildman–Crippen LogP) is 8.34. The Morgan fingerprint density at radius 2 is 0.471 bits per heavy atom. The van der Waals surface area contributed by atoms with Gasteiger partial charge in [0.1, 0.15) is 39.6 Å². The van der Waals surface area contributed by atoms with Crippen molar-refractivity contribution in [3.05, 3.63) is 83.4 Å². The van der Waals surface area contributed by atoms with Gasteiger partial charge in [-0.25, -0.2) is 9.97 Å². The van der Waals surface area contributed by atoms with E-state index in [0.29, 0.717) is 227 Å². The molecule has 5 aromatic rings. The second kappa shape index (κ2) is 52.1. The fourth-order valence-corrected chi connectivity index (χ4v) is 9.87. The number of hydrogen-bond donors (Lipinski definition) is 2. The lowest BCUT2D eigenvalue weighted by Gasteiger charge is -2.19. The lowest BCUT2D eigenvalue weighted by atomic mass is 10.0. The number of aromatic nitrogens is 4. The number of ether oxygens (including phenoxy) is 24. The number of nitrogens with one attached hydrogen (secondary N) is 2. The smallest absolute Gasteiger partial charge is 0.203 e. The number of methoxy groups -OCH3 is 6. The van der Waals surface area contributed by atoms with Crippen LogP contribution in [0.4, 0.5) is 0 Å². The molecule has 0 radical (unpaired) electrons. The second-order valence-electron chi connectivity index (χ2n) is 22.2. The summed E-state index contributed by atoms with van der Waals surface area (Å²) >= 11 is 0. The quantitative estimate of drug-likeness (QED) is 0.0339. The molecule has 0 atom stereocenters. The van der Waals surface area contributed by atoms with Crippen LogP contribution in [-0.2, 0) is 85.3 Å². The molecular formula is C74H106N4O24. The van der Waals surface area contributed by atoms with Crippen molar-refractivity contribution < 1.29 is 114 Å². The maximum absolute atomic E-state index is 6.61. The SMILES string of the molecule is COCCOCCOCCOc1cc(-c2c3nc(cc4ccc([nH]4)c(-c4cc(OCCOCCOCCOC)c(OCCOCCOCCOC)c(OCCOCCOCCOC)c4)c4nc(cc5ccc2[nH]5)C=C4)C=C3)cc(OCCOCCOCCOC)c1OCCOCCOCCOC. The third-order valence-corrected chi connectivity index (χ3v) is 14.7. The number of H-pyrrole nitrogens is 2. The molecular weight excluding hydrogens is 1330 g/mol. The first-order chi connectivity index (χ1) is 50.5. The predicted molar refractivity (Wildman–Crippen MR) is 384 cm³/mol. The van der Waals surface area contributed by atoms with Crippen LogP contribution in [0.5, 0.6) is 34.5 Å². The van der Waals surface area contributed by atoms with Gasteiger partial charge in [-0.1, -0.05) is 0 Å². The summed E-state index contributed by atoms with van der Waals surface area (Å²) in [6.45, 7) is 13.0. The first-order valence-corrected chi connectivity index (χ1v) is 34.6. The molecule has 2 aliphatic heterocycles. The lowest BCUT2D eigenvalue weighted by molar-refractivity contribution is 0.0146. The molecule has 102 heavy (non-hydrogen) atoms. The minimum absolute atomic E-state index is 0.172. The van der Waals surface area contributed by atoms with E-state index in [1.54, 1.807) is 42.7 Å². The highest BCUT2D eigenvalue weighted by molar-refractivity contribution is 5.94. The summed E-state index contributed by atoms with van der Waals surface area (Å²) in [7, 11) is 9.80. The summed E-state index contributed by atoms with van der Waals surface area (Å²) in [6, 6.07) is 19.7. The van der Waals surface area contributed by atoms with Gasteiger partial charge in [0.2, 0.25) is 11.5 Å². The van der Waals surface area contributed by atoms with E-state index in [0.717, 1.165) is 33.2 Å². The van der Waals surface area contributed by atoms with Crippen molar-refractivity contribution in [2.24, 2.45) is 0 Å². The van der Waals surface area contributed by atoms with Crippen molar-refractivity contribution in [3.63, 3.8) is 0 Å². The minimum atomic E-state index is 0.172. The third-order valence-electron chi connectivity index (χ3n) is 14.7. The van der Waals surface area contributed by atoms with E-state index >= 15 is 0 Å². The summed E-state index contributed by atoms with van der Waals surface area (Å²) in [5.74, 6) is 2.37. The maximum Gasteiger partial charge on any atom is 0.203 e. The molecule has 5 heterocycles. The van der Waals surface area contributed by atoms with Gasteiger partial charge < -0.3 is 124 Å². The van der Waals surface area contributed by atoms with Crippen molar-refractivity contribution >= 4 is 46.4 Å². The number of fused-ring (bicyclic) bond motifs is 8. The van der Waals surface area contributed by atoms with Gasteiger partial charge in [0.15, 0.2) is 23.0 Å². The van der Waals surface area contributed by atoms with Crippen LogP contribution in [0.15, 0.2) is 60.7 Å². The molecule has 0 saturated carbocycles. The van der Waals surface area contributed by atoms with E-state index in [4.69, 9.17) is 124 Å². The zero-order chi connectivity index (χ0) is 71.5. The Morgan fingerprint density at radius 1 is 0.245 bits per heavy atom. The van der Waals surface area contributed by atoms with Gasteiger partial charge in [-0.05, 0) is 96.1 Å². The van der Waals surface area contributed by atoms with E-state index in [1.807, 2.05) is 85.0 Å². The van der Waals surface area contributed by atoms with E-state index < -0.39 is 0 Å². The molecule has 2 N–H and O–H groups in total.